The Morgan fingerprint density at radius 3 is 3.00 bits per heavy atom. The van der Waals surface area contributed by atoms with Gasteiger partial charge in [0.2, 0.25) is 5.82 Å². The van der Waals surface area contributed by atoms with Crippen molar-refractivity contribution in [3.63, 3.8) is 0 Å². The van der Waals surface area contributed by atoms with Crippen LogP contribution in [0.15, 0.2) is 16.4 Å². The van der Waals surface area contributed by atoms with Crippen molar-refractivity contribution < 1.29 is 4.52 Å². The quantitative estimate of drug-likeness (QED) is 0.601. The van der Waals surface area contributed by atoms with E-state index in [-0.39, 0.29) is 0 Å². The van der Waals surface area contributed by atoms with Gasteiger partial charge in [0, 0.05) is 0 Å². The SMILES string of the molecule is c1noc(-c2ncsn2)n1. The van der Waals surface area contributed by atoms with Crippen LogP contribution in [0.5, 0.6) is 0 Å². The van der Waals surface area contributed by atoms with Gasteiger partial charge in [0.05, 0.1) is 0 Å². The number of hydrogen-bond acceptors (Lipinski definition) is 6. The molecule has 10 heavy (non-hydrogen) atoms. The predicted octanol–water partition coefficient (Wildman–Crippen LogP) is 0.588. The zero-order valence-electron chi connectivity index (χ0n) is 4.76. The molecule has 2 rings (SSSR count). The molecule has 2 heterocycles. The van der Waals surface area contributed by atoms with Gasteiger partial charge >= 0.3 is 0 Å². The molecule has 0 aromatic carbocycles. The molecule has 0 unspecified atom stereocenters. The molecule has 6 heteroatoms. The Morgan fingerprint density at radius 1 is 1.40 bits per heavy atom. The van der Waals surface area contributed by atoms with Crippen LogP contribution in [0, 0.1) is 0 Å². The second-order valence-corrected chi connectivity index (χ2v) is 2.11. The summed E-state index contributed by atoms with van der Waals surface area (Å²) in [5.41, 5.74) is 1.61. The summed E-state index contributed by atoms with van der Waals surface area (Å²) in [5.74, 6) is 0.851. The van der Waals surface area contributed by atoms with Gasteiger partial charge in [-0.25, -0.2) is 4.98 Å². The average molecular weight is 154 g/mol. The van der Waals surface area contributed by atoms with E-state index in [4.69, 9.17) is 4.52 Å². The summed E-state index contributed by atoms with van der Waals surface area (Å²) >= 11 is 1.25. The molecule has 0 amide bonds. The third kappa shape index (κ3) is 0.781. The summed E-state index contributed by atoms with van der Waals surface area (Å²) in [5, 5.41) is 3.42. The normalized spacial score (nSPS) is 10.0. The van der Waals surface area contributed by atoms with Crippen LogP contribution >= 0.6 is 11.5 Å². The lowest BCUT2D eigenvalue weighted by molar-refractivity contribution is 0.428. The van der Waals surface area contributed by atoms with Gasteiger partial charge in [-0.1, -0.05) is 5.16 Å². The second kappa shape index (κ2) is 2.14. The summed E-state index contributed by atoms with van der Waals surface area (Å²) in [4.78, 5) is 7.63. The highest BCUT2D eigenvalue weighted by molar-refractivity contribution is 7.03. The fourth-order valence-corrected chi connectivity index (χ4v) is 0.956. The number of aromatic nitrogens is 4. The molecule has 0 aliphatic rings. The lowest BCUT2D eigenvalue weighted by Crippen LogP contribution is -1.76. The van der Waals surface area contributed by atoms with Crippen LogP contribution in [-0.4, -0.2) is 19.5 Å². The first-order valence-corrected chi connectivity index (χ1v) is 3.34. The summed E-state index contributed by atoms with van der Waals surface area (Å²) in [7, 11) is 0. The van der Waals surface area contributed by atoms with Crippen molar-refractivity contribution >= 4 is 11.5 Å². The molecule has 0 N–H and O–H groups in total. The minimum atomic E-state index is 0.362. The number of rotatable bonds is 1. The molecule has 0 saturated carbocycles. The Kier molecular flexibility index (Phi) is 1.17. The van der Waals surface area contributed by atoms with Gasteiger partial charge in [0.25, 0.3) is 5.89 Å². The molecule has 0 aliphatic heterocycles. The first-order chi connectivity index (χ1) is 4.97. The van der Waals surface area contributed by atoms with Gasteiger partial charge in [0.1, 0.15) is 5.51 Å². The lowest BCUT2D eigenvalue weighted by Gasteiger charge is -1.77. The highest BCUT2D eigenvalue weighted by Crippen LogP contribution is 2.09. The minimum Gasteiger partial charge on any atom is -0.331 e. The van der Waals surface area contributed by atoms with Crippen molar-refractivity contribution in [1.82, 2.24) is 19.5 Å². The van der Waals surface area contributed by atoms with E-state index in [1.807, 2.05) is 0 Å². The van der Waals surface area contributed by atoms with Crippen LogP contribution in [0.1, 0.15) is 0 Å². The van der Waals surface area contributed by atoms with Crippen molar-refractivity contribution in [2.75, 3.05) is 0 Å². The summed E-state index contributed by atoms with van der Waals surface area (Å²) in [6.45, 7) is 0. The van der Waals surface area contributed by atoms with Crippen molar-refractivity contribution in [3.05, 3.63) is 11.8 Å². The molecule has 2 aromatic heterocycles. The first kappa shape index (κ1) is 5.48. The fraction of sp³-hybridized carbons (Fsp3) is 0. The van der Waals surface area contributed by atoms with E-state index in [0.29, 0.717) is 11.7 Å². The van der Waals surface area contributed by atoms with E-state index in [1.165, 1.54) is 17.9 Å². The maximum absolute atomic E-state index is 4.70. The summed E-state index contributed by atoms with van der Waals surface area (Å²) in [6.07, 6.45) is 1.32. The van der Waals surface area contributed by atoms with Crippen LogP contribution in [0.4, 0.5) is 0 Å². The minimum absolute atomic E-state index is 0.362. The molecule has 0 bridgehead atoms. The predicted molar refractivity (Wildman–Crippen MR) is 33.2 cm³/mol. The van der Waals surface area contributed by atoms with E-state index in [2.05, 4.69) is 19.5 Å². The largest absolute Gasteiger partial charge is 0.331 e. The summed E-state index contributed by atoms with van der Waals surface area (Å²) in [6, 6.07) is 0. The van der Waals surface area contributed by atoms with Crippen LogP contribution in [0.2, 0.25) is 0 Å². The van der Waals surface area contributed by atoms with Gasteiger partial charge in [-0.15, -0.1) is 0 Å². The Balaban J connectivity index is 2.48. The van der Waals surface area contributed by atoms with Crippen molar-refractivity contribution in [2.24, 2.45) is 0 Å². The zero-order chi connectivity index (χ0) is 6.81. The van der Waals surface area contributed by atoms with Gasteiger partial charge in [-0.05, 0) is 11.5 Å². The Bertz CT molecular complexity index is 257. The van der Waals surface area contributed by atoms with Gasteiger partial charge in [-0.2, -0.15) is 9.36 Å². The van der Waals surface area contributed by atoms with Crippen molar-refractivity contribution in [2.45, 2.75) is 0 Å². The molecular formula is C4H2N4OS. The van der Waals surface area contributed by atoms with Crippen LogP contribution in [-0.2, 0) is 0 Å². The first-order valence-electron chi connectivity index (χ1n) is 2.50. The average Bonchev–Trinajstić information content (AvgIpc) is 2.59. The Hall–Kier alpha value is -1.30. The standard InChI is InChI=1S/C4H2N4OS/c1-5-4(9-7-1)3-6-2-10-8-3/h1-2H. The highest BCUT2D eigenvalue weighted by atomic mass is 32.1. The smallest absolute Gasteiger partial charge is 0.296 e. The zero-order valence-corrected chi connectivity index (χ0v) is 5.58. The second-order valence-electron chi connectivity index (χ2n) is 1.50. The van der Waals surface area contributed by atoms with Crippen molar-refractivity contribution in [1.29, 1.82) is 0 Å². The molecule has 0 aliphatic carbocycles. The molecule has 50 valence electrons. The van der Waals surface area contributed by atoms with E-state index < -0.39 is 0 Å². The van der Waals surface area contributed by atoms with E-state index >= 15 is 0 Å². The monoisotopic (exact) mass is 154 g/mol. The maximum Gasteiger partial charge on any atom is 0.296 e. The van der Waals surface area contributed by atoms with Gasteiger partial charge < -0.3 is 4.52 Å². The van der Waals surface area contributed by atoms with Crippen LogP contribution in [0.3, 0.4) is 0 Å². The third-order valence-electron chi connectivity index (χ3n) is 0.914. The topological polar surface area (TPSA) is 64.7 Å². The van der Waals surface area contributed by atoms with Crippen LogP contribution in [0.25, 0.3) is 11.7 Å². The third-order valence-corrected chi connectivity index (χ3v) is 1.39. The molecule has 0 saturated heterocycles. The highest BCUT2D eigenvalue weighted by Gasteiger charge is 2.05. The van der Waals surface area contributed by atoms with Gasteiger partial charge in [0.15, 0.2) is 6.33 Å². The van der Waals surface area contributed by atoms with E-state index in [1.54, 1.807) is 5.51 Å². The fourth-order valence-electron chi connectivity index (χ4n) is 0.536. The van der Waals surface area contributed by atoms with Crippen molar-refractivity contribution in [3.8, 4) is 11.7 Å². The summed E-state index contributed by atoms with van der Waals surface area (Å²) < 4.78 is 8.59. The molecule has 0 atom stereocenters. The molecule has 5 nitrogen and oxygen atoms in total. The molecule has 0 fully saturated rings. The molecule has 0 spiro atoms. The lowest BCUT2D eigenvalue weighted by atomic mass is 10.6. The Labute approximate surface area is 59.9 Å². The maximum atomic E-state index is 4.70. The van der Waals surface area contributed by atoms with E-state index in [9.17, 15) is 0 Å². The van der Waals surface area contributed by atoms with E-state index in [0.717, 1.165) is 0 Å². The Morgan fingerprint density at radius 2 is 2.40 bits per heavy atom. The molecule has 0 radical (unpaired) electrons. The molecular weight excluding hydrogens is 152 g/mol. The number of hydrogen-bond donors (Lipinski definition) is 0. The number of nitrogens with zero attached hydrogens (tertiary/aromatic N) is 4. The van der Waals surface area contributed by atoms with Gasteiger partial charge in [-0.3, -0.25) is 0 Å². The molecule has 2 aromatic rings. The van der Waals surface area contributed by atoms with Crippen LogP contribution < -0.4 is 0 Å².